The molecule has 0 bridgehead atoms. The molecule has 1 aliphatic carbocycles. The molecule has 0 saturated carbocycles. The predicted octanol–water partition coefficient (Wildman–Crippen LogP) is 5.67. The van der Waals surface area contributed by atoms with Gasteiger partial charge in [-0.15, -0.1) is 11.6 Å². The smallest absolute Gasteiger partial charge is 0.124 e. The molecular weight excluding hydrogens is 339 g/mol. The minimum atomic E-state index is -0.197. The van der Waals surface area contributed by atoms with Crippen molar-refractivity contribution in [1.82, 2.24) is 0 Å². The maximum atomic E-state index is 13.5. The number of aryl methyl sites for hydroxylation is 1. The molecule has 0 saturated heterocycles. The number of rotatable bonds is 2. The summed E-state index contributed by atoms with van der Waals surface area (Å²) in [7, 11) is 0. The van der Waals surface area contributed by atoms with Crippen LogP contribution in [0, 0.1) is 11.7 Å². The standard InChI is InChI=1S/C17H15BrClF/c18-14-8-11(9-15(20)10-14)7-13-6-5-12-3-1-2-4-16(12)17(13)19/h1-4,8-10,13,17H,5-7H2. The van der Waals surface area contributed by atoms with Crippen LogP contribution in [-0.2, 0) is 12.8 Å². The quantitative estimate of drug-likeness (QED) is 0.610. The van der Waals surface area contributed by atoms with E-state index < -0.39 is 0 Å². The molecule has 0 fully saturated rings. The molecule has 2 aromatic carbocycles. The lowest BCUT2D eigenvalue weighted by atomic mass is 9.80. The van der Waals surface area contributed by atoms with Gasteiger partial charge in [0.1, 0.15) is 5.82 Å². The van der Waals surface area contributed by atoms with Crippen LogP contribution in [0.5, 0.6) is 0 Å². The van der Waals surface area contributed by atoms with Crippen molar-refractivity contribution in [3.05, 3.63) is 69.4 Å². The molecule has 0 aliphatic heterocycles. The van der Waals surface area contributed by atoms with Crippen LogP contribution in [0.1, 0.15) is 28.5 Å². The van der Waals surface area contributed by atoms with Gasteiger partial charge < -0.3 is 0 Å². The third-order valence-electron chi connectivity index (χ3n) is 3.97. The van der Waals surface area contributed by atoms with E-state index in [4.69, 9.17) is 11.6 Å². The lowest BCUT2D eigenvalue weighted by Crippen LogP contribution is -2.19. The molecule has 0 nitrogen and oxygen atoms in total. The third-order valence-corrected chi connectivity index (χ3v) is 5.02. The molecule has 0 amide bonds. The van der Waals surface area contributed by atoms with Crippen LogP contribution < -0.4 is 0 Å². The minimum absolute atomic E-state index is 0.0157. The second kappa shape index (κ2) is 5.87. The number of benzene rings is 2. The molecule has 0 radical (unpaired) electrons. The van der Waals surface area contributed by atoms with Crippen molar-refractivity contribution in [3.8, 4) is 0 Å². The molecule has 2 atom stereocenters. The van der Waals surface area contributed by atoms with E-state index in [0.717, 1.165) is 29.3 Å². The van der Waals surface area contributed by atoms with Crippen molar-refractivity contribution in [3.63, 3.8) is 0 Å². The Balaban J connectivity index is 1.82. The summed E-state index contributed by atoms with van der Waals surface area (Å²) >= 11 is 9.98. The number of alkyl halides is 1. The fourth-order valence-electron chi connectivity index (χ4n) is 3.01. The monoisotopic (exact) mass is 352 g/mol. The van der Waals surface area contributed by atoms with Crippen LogP contribution in [0.25, 0.3) is 0 Å². The van der Waals surface area contributed by atoms with E-state index in [1.165, 1.54) is 17.2 Å². The molecule has 0 N–H and O–H groups in total. The highest BCUT2D eigenvalue weighted by Gasteiger charge is 2.27. The van der Waals surface area contributed by atoms with Gasteiger partial charge in [0.05, 0.1) is 5.38 Å². The minimum Gasteiger partial charge on any atom is -0.207 e. The highest BCUT2D eigenvalue weighted by Crippen LogP contribution is 2.40. The third kappa shape index (κ3) is 2.91. The Morgan fingerprint density at radius 2 is 2.00 bits per heavy atom. The van der Waals surface area contributed by atoms with Gasteiger partial charge >= 0.3 is 0 Å². The second-order valence-electron chi connectivity index (χ2n) is 5.38. The van der Waals surface area contributed by atoms with Gasteiger partial charge in [-0.1, -0.05) is 40.2 Å². The lowest BCUT2D eigenvalue weighted by Gasteiger charge is -2.29. The molecule has 0 heterocycles. The molecule has 2 unspecified atom stereocenters. The van der Waals surface area contributed by atoms with E-state index in [9.17, 15) is 4.39 Å². The van der Waals surface area contributed by atoms with Crippen LogP contribution in [0.3, 0.4) is 0 Å². The summed E-state index contributed by atoms with van der Waals surface area (Å²) in [6.45, 7) is 0. The van der Waals surface area contributed by atoms with Gasteiger partial charge in [-0.05, 0) is 60.1 Å². The number of fused-ring (bicyclic) bond motifs is 1. The summed E-state index contributed by atoms with van der Waals surface area (Å²) in [6.07, 6.45) is 2.93. The first kappa shape index (κ1) is 14.1. The van der Waals surface area contributed by atoms with Gasteiger partial charge in [0.25, 0.3) is 0 Å². The highest BCUT2D eigenvalue weighted by molar-refractivity contribution is 9.10. The normalized spacial score (nSPS) is 21.6. The van der Waals surface area contributed by atoms with Gasteiger partial charge in [0.2, 0.25) is 0 Å². The molecule has 0 aromatic heterocycles. The van der Waals surface area contributed by atoms with E-state index in [0.29, 0.717) is 5.92 Å². The first-order valence-electron chi connectivity index (χ1n) is 6.80. The zero-order valence-corrected chi connectivity index (χ0v) is 13.3. The topological polar surface area (TPSA) is 0 Å². The van der Waals surface area contributed by atoms with Gasteiger partial charge in [-0.3, -0.25) is 0 Å². The number of halogens is 3. The zero-order valence-electron chi connectivity index (χ0n) is 11.0. The molecule has 0 spiro atoms. The average molecular weight is 354 g/mol. The van der Waals surface area contributed by atoms with E-state index in [1.807, 2.05) is 12.1 Å². The van der Waals surface area contributed by atoms with Crippen LogP contribution in [-0.4, -0.2) is 0 Å². The molecule has 1 aliphatic rings. The molecule has 2 aromatic rings. The Bertz CT molecular complexity index is 606. The van der Waals surface area contributed by atoms with Crippen molar-refractivity contribution in [1.29, 1.82) is 0 Å². The SMILES string of the molecule is Fc1cc(Br)cc(CC2CCc3ccccc3C2Cl)c1. The first-order valence-corrected chi connectivity index (χ1v) is 8.03. The Morgan fingerprint density at radius 3 is 2.80 bits per heavy atom. The Labute approximate surface area is 132 Å². The van der Waals surface area contributed by atoms with Crippen LogP contribution in [0.15, 0.2) is 46.9 Å². The van der Waals surface area contributed by atoms with E-state index in [1.54, 1.807) is 6.07 Å². The van der Waals surface area contributed by atoms with Crippen molar-refractivity contribution in [2.24, 2.45) is 5.92 Å². The van der Waals surface area contributed by atoms with Crippen LogP contribution >= 0.6 is 27.5 Å². The molecule has 3 heteroatoms. The van der Waals surface area contributed by atoms with E-state index in [-0.39, 0.29) is 11.2 Å². The van der Waals surface area contributed by atoms with Crippen molar-refractivity contribution in [2.45, 2.75) is 24.6 Å². The summed E-state index contributed by atoms with van der Waals surface area (Å²) in [5.74, 6) is 0.164. The Hall–Kier alpha value is -0.860. The number of hydrogen-bond acceptors (Lipinski definition) is 0. The van der Waals surface area contributed by atoms with E-state index in [2.05, 4.69) is 34.1 Å². The summed E-state index contributed by atoms with van der Waals surface area (Å²) < 4.78 is 14.2. The Kier molecular flexibility index (Phi) is 4.13. The molecule has 20 heavy (non-hydrogen) atoms. The zero-order chi connectivity index (χ0) is 14.1. The van der Waals surface area contributed by atoms with Crippen molar-refractivity contribution < 1.29 is 4.39 Å². The maximum absolute atomic E-state index is 13.5. The maximum Gasteiger partial charge on any atom is 0.124 e. The fraction of sp³-hybridized carbons (Fsp3) is 0.294. The second-order valence-corrected chi connectivity index (χ2v) is 6.77. The fourth-order valence-corrected chi connectivity index (χ4v) is 3.95. The number of hydrogen-bond donors (Lipinski definition) is 0. The van der Waals surface area contributed by atoms with Gasteiger partial charge in [0.15, 0.2) is 0 Å². The lowest BCUT2D eigenvalue weighted by molar-refractivity contribution is 0.441. The van der Waals surface area contributed by atoms with Gasteiger partial charge in [0, 0.05) is 4.47 Å². The van der Waals surface area contributed by atoms with E-state index >= 15 is 0 Å². The van der Waals surface area contributed by atoms with Crippen molar-refractivity contribution in [2.75, 3.05) is 0 Å². The predicted molar refractivity (Wildman–Crippen MR) is 84.7 cm³/mol. The first-order chi connectivity index (χ1) is 9.63. The average Bonchev–Trinajstić information content (AvgIpc) is 2.41. The summed E-state index contributed by atoms with van der Waals surface area (Å²) in [5, 5.41) is 0.0157. The summed E-state index contributed by atoms with van der Waals surface area (Å²) in [4.78, 5) is 0. The summed E-state index contributed by atoms with van der Waals surface area (Å²) in [5.41, 5.74) is 3.59. The van der Waals surface area contributed by atoms with Crippen LogP contribution in [0.4, 0.5) is 4.39 Å². The highest BCUT2D eigenvalue weighted by atomic mass is 79.9. The van der Waals surface area contributed by atoms with Crippen LogP contribution in [0.2, 0.25) is 0 Å². The molecule has 3 rings (SSSR count). The molecular formula is C17H15BrClF. The van der Waals surface area contributed by atoms with Gasteiger partial charge in [-0.2, -0.15) is 0 Å². The largest absolute Gasteiger partial charge is 0.207 e. The van der Waals surface area contributed by atoms with Gasteiger partial charge in [-0.25, -0.2) is 4.39 Å². The Morgan fingerprint density at radius 1 is 1.20 bits per heavy atom. The van der Waals surface area contributed by atoms with Crippen molar-refractivity contribution >= 4 is 27.5 Å². The summed E-state index contributed by atoms with van der Waals surface area (Å²) in [6, 6.07) is 13.4. The molecule has 104 valence electrons.